The predicted octanol–water partition coefficient (Wildman–Crippen LogP) is 2.22. The third-order valence-corrected chi connectivity index (χ3v) is 2.36. The second kappa shape index (κ2) is 4.79. The third kappa shape index (κ3) is 2.13. The number of aromatic hydroxyl groups is 1. The van der Waals surface area contributed by atoms with E-state index in [-0.39, 0.29) is 18.2 Å². The summed E-state index contributed by atoms with van der Waals surface area (Å²) < 4.78 is 9.47. The second-order valence-electron chi connectivity index (χ2n) is 3.50. The van der Waals surface area contributed by atoms with Crippen LogP contribution in [0.3, 0.4) is 0 Å². The number of H-pyrrole nitrogens is 1. The van der Waals surface area contributed by atoms with E-state index in [0.29, 0.717) is 22.8 Å². The minimum Gasteiger partial charge on any atom is -0.506 e. The lowest BCUT2D eigenvalue weighted by Gasteiger charge is -2.00. The molecule has 0 bridgehead atoms. The highest BCUT2D eigenvalue weighted by molar-refractivity contribution is 6.00. The van der Waals surface area contributed by atoms with Crippen molar-refractivity contribution in [1.82, 2.24) is 4.98 Å². The largest absolute Gasteiger partial charge is 0.515 e. The molecule has 2 aromatic rings. The summed E-state index contributed by atoms with van der Waals surface area (Å²) >= 11 is 0. The number of phenols is 1. The van der Waals surface area contributed by atoms with Gasteiger partial charge in [-0.25, -0.2) is 4.79 Å². The van der Waals surface area contributed by atoms with E-state index in [4.69, 9.17) is 4.74 Å². The first-order valence-electron chi connectivity index (χ1n) is 5.30. The Kier molecular flexibility index (Phi) is 3.18. The van der Waals surface area contributed by atoms with E-state index in [0.717, 1.165) is 0 Å². The Hall–Kier alpha value is -2.50. The van der Waals surface area contributed by atoms with Crippen molar-refractivity contribution in [1.29, 1.82) is 0 Å². The van der Waals surface area contributed by atoms with Crippen molar-refractivity contribution >= 4 is 23.3 Å². The lowest BCUT2D eigenvalue weighted by atomic mass is 10.1. The molecule has 0 saturated carbocycles. The maximum atomic E-state index is 11.1. The zero-order valence-corrected chi connectivity index (χ0v) is 9.60. The summed E-state index contributed by atoms with van der Waals surface area (Å²) in [4.78, 5) is 24.7. The Bertz CT molecular complexity index is 602. The van der Waals surface area contributed by atoms with Crippen LogP contribution >= 0.6 is 0 Å². The molecule has 0 amide bonds. The van der Waals surface area contributed by atoms with Crippen molar-refractivity contribution in [2.45, 2.75) is 6.92 Å². The van der Waals surface area contributed by atoms with E-state index in [2.05, 4.69) is 9.72 Å². The average molecular weight is 249 g/mol. The van der Waals surface area contributed by atoms with Gasteiger partial charge in [-0.15, -0.1) is 0 Å². The Morgan fingerprint density at radius 1 is 1.50 bits per heavy atom. The maximum Gasteiger partial charge on any atom is 0.515 e. The summed E-state index contributed by atoms with van der Waals surface area (Å²) in [5.41, 5.74) is 0.719. The zero-order chi connectivity index (χ0) is 13.1. The van der Waals surface area contributed by atoms with Gasteiger partial charge >= 0.3 is 6.16 Å². The van der Waals surface area contributed by atoms with E-state index in [1.807, 2.05) is 0 Å². The number of benzene rings is 1. The minimum absolute atomic E-state index is 0.0330. The van der Waals surface area contributed by atoms with Gasteiger partial charge in [0.25, 0.3) is 0 Å². The normalized spacial score (nSPS) is 10.3. The summed E-state index contributed by atoms with van der Waals surface area (Å²) in [6.45, 7) is 1.85. The van der Waals surface area contributed by atoms with Gasteiger partial charge in [-0.2, -0.15) is 0 Å². The third-order valence-electron chi connectivity index (χ3n) is 2.36. The molecular weight excluding hydrogens is 238 g/mol. The van der Waals surface area contributed by atoms with Crippen LogP contribution in [0.25, 0.3) is 10.9 Å². The average Bonchev–Trinajstić information content (AvgIpc) is 2.74. The van der Waals surface area contributed by atoms with E-state index in [1.165, 1.54) is 18.2 Å². The van der Waals surface area contributed by atoms with Crippen molar-refractivity contribution in [3.8, 4) is 11.6 Å². The molecule has 0 aliphatic rings. The molecular formula is C12H11NO5. The van der Waals surface area contributed by atoms with Crippen molar-refractivity contribution in [2.75, 3.05) is 6.61 Å². The highest BCUT2D eigenvalue weighted by atomic mass is 16.7. The van der Waals surface area contributed by atoms with Gasteiger partial charge in [0.15, 0.2) is 6.29 Å². The van der Waals surface area contributed by atoms with Crippen molar-refractivity contribution < 1.29 is 24.2 Å². The van der Waals surface area contributed by atoms with Gasteiger partial charge in [-0.3, -0.25) is 4.79 Å². The smallest absolute Gasteiger partial charge is 0.506 e. The van der Waals surface area contributed by atoms with Gasteiger partial charge in [-0.05, 0) is 19.1 Å². The number of carbonyl (C=O) groups excluding carboxylic acids is 2. The van der Waals surface area contributed by atoms with Gasteiger partial charge in [0.2, 0.25) is 5.88 Å². The van der Waals surface area contributed by atoms with Crippen LogP contribution < -0.4 is 4.74 Å². The van der Waals surface area contributed by atoms with Crippen LogP contribution in [0.5, 0.6) is 11.6 Å². The molecule has 2 N–H and O–H groups in total. The molecule has 0 aliphatic carbocycles. The highest BCUT2D eigenvalue weighted by Crippen LogP contribution is 2.30. The van der Waals surface area contributed by atoms with Gasteiger partial charge in [-0.1, -0.05) is 0 Å². The minimum atomic E-state index is -0.851. The van der Waals surface area contributed by atoms with Crippen LogP contribution in [0, 0.1) is 0 Å². The Balaban J connectivity index is 2.40. The number of aromatic nitrogens is 1. The number of aldehydes is 1. The summed E-state index contributed by atoms with van der Waals surface area (Å²) in [6, 6.07) is 4.32. The first-order chi connectivity index (χ1) is 8.65. The molecule has 0 saturated heterocycles. The van der Waals surface area contributed by atoms with E-state index in [1.54, 1.807) is 6.92 Å². The molecule has 1 aromatic heterocycles. The number of aromatic amines is 1. The van der Waals surface area contributed by atoms with Crippen LogP contribution in [0.1, 0.15) is 17.3 Å². The topological polar surface area (TPSA) is 88.6 Å². The van der Waals surface area contributed by atoms with Crippen LogP contribution in [0.15, 0.2) is 18.2 Å². The molecule has 0 fully saturated rings. The number of carbonyl (C=O) groups is 2. The number of fused-ring (bicyclic) bond motifs is 1. The molecule has 0 atom stereocenters. The van der Waals surface area contributed by atoms with Gasteiger partial charge < -0.3 is 19.6 Å². The van der Waals surface area contributed by atoms with Crippen molar-refractivity contribution in [2.24, 2.45) is 0 Å². The first kappa shape index (κ1) is 12.0. The second-order valence-corrected chi connectivity index (χ2v) is 3.50. The fourth-order valence-corrected chi connectivity index (χ4v) is 1.60. The monoisotopic (exact) mass is 249 g/mol. The molecule has 18 heavy (non-hydrogen) atoms. The Morgan fingerprint density at radius 2 is 2.28 bits per heavy atom. The molecule has 1 aromatic carbocycles. The summed E-state index contributed by atoms with van der Waals surface area (Å²) in [5.74, 6) is 0.0716. The number of hydrogen-bond acceptors (Lipinski definition) is 5. The summed E-state index contributed by atoms with van der Waals surface area (Å²) in [6.07, 6.45) is -0.194. The lowest BCUT2D eigenvalue weighted by molar-refractivity contribution is 0.103. The molecule has 0 radical (unpaired) electrons. The number of phenolic OH excluding ortho intramolecular Hbond substituents is 1. The number of rotatable bonds is 3. The number of hydrogen-bond donors (Lipinski definition) is 2. The fraction of sp³-hybridized carbons (Fsp3) is 0.167. The van der Waals surface area contributed by atoms with E-state index in [9.17, 15) is 14.7 Å². The van der Waals surface area contributed by atoms with Crippen molar-refractivity contribution in [3.05, 3.63) is 23.8 Å². The van der Waals surface area contributed by atoms with Gasteiger partial charge in [0.1, 0.15) is 5.75 Å². The zero-order valence-electron chi connectivity index (χ0n) is 9.60. The molecule has 6 heteroatoms. The van der Waals surface area contributed by atoms with Gasteiger partial charge in [0, 0.05) is 17.0 Å². The summed E-state index contributed by atoms with van der Waals surface area (Å²) in [5, 5.41) is 10.1. The molecule has 0 aliphatic heterocycles. The SMILES string of the molecule is CCOC(=O)Oc1cc2c(C=O)ccc(O)c2[nH]1. The number of nitrogens with one attached hydrogen (secondary N) is 1. The summed E-state index contributed by atoms with van der Waals surface area (Å²) in [7, 11) is 0. The predicted molar refractivity (Wildman–Crippen MR) is 63.0 cm³/mol. The van der Waals surface area contributed by atoms with Crippen LogP contribution in [-0.2, 0) is 4.74 Å². The number of ether oxygens (including phenoxy) is 2. The molecule has 0 spiro atoms. The maximum absolute atomic E-state index is 11.1. The molecule has 2 rings (SSSR count). The molecule has 6 nitrogen and oxygen atoms in total. The lowest BCUT2D eigenvalue weighted by Crippen LogP contribution is -2.09. The van der Waals surface area contributed by atoms with Gasteiger partial charge in [0.05, 0.1) is 12.1 Å². The Morgan fingerprint density at radius 3 is 2.94 bits per heavy atom. The Labute approximate surface area is 102 Å². The van der Waals surface area contributed by atoms with Crippen LogP contribution in [0.4, 0.5) is 4.79 Å². The molecule has 0 unspecified atom stereocenters. The molecule has 1 heterocycles. The molecule has 94 valence electrons. The standard InChI is InChI=1S/C12H11NO5/c1-2-17-12(16)18-10-5-8-7(6-14)3-4-9(15)11(8)13-10/h3-6,13,15H,2H2,1H3. The van der Waals surface area contributed by atoms with Crippen LogP contribution in [0.2, 0.25) is 0 Å². The van der Waals surface area contributed by atoms with E-state index < -0.39 is 6.16 Å². The van der Waals surface area contributed by atoms with Crippen LogP contribution in [-0.4, -0.2) is 29.1 Å². The quantitative estimate of drug-likeness (QED) is 0.643. The fourth-order valence-electron chi connectivity index (χ4n) is 1.60. The van der Waals surface area contributed by atoms with E-state index >= 15 is 0 Å². The van der Waals surface area contributed by atoms with Crippen molar-refractivity contribution in [3.63, 3.8) is 0 Å². The highest BCUT2D eigenvalue weighted by Gasteiger charge is 2.12. The first-order valence-corrected chi connectivity index (χ1v) is 5.30.